The number of carbonyl (C=O) groups is 1. The first kappa shape index (κ1) is 20.2. The van der Waals surface area contributed by atoms with Crippen molar-refractivity contribution in [2.75, 3.05) is 14.2 Å². The second-order valence-electron chi connectivity index (χ2n) is 8.19. The summed E-state index contributed by atoms with van der Waals surface area (Å²) in [7, 11) is 3.52. The molecule has 0 aliphatic carbocycles. The molecule has 4 rings (SSSR count). The Balaban J connectivity index is 1.95. The van der Waals surface area contributed by atoms with E-state index >= 15 is 0 Å². The number of amides is 1. The SMILES string of the molecule is COc1cc2c(cc1Br)-n1c(-c3cccs3)nc(C(=O)N(C)C(C)(C)C)c1CC2. The zero-order valence-corrected chi connectivity index (χ0v) is 19.6. The normalized spacial score (nSPS) is 13.0. The second-order valence-corrected chi connectivity index (χ2v) is 10.00. The third kappa shape index (κ3) is 3.40. The zero-order chi connectivity index (χ0) is 20.9. The Labute approximate surface area is 183 Å². The molecule has 0 N–H and O–H groups in total. The van der Waals surface area contributed by atoms with E-state index in [4.69, 9.17) is 9.72 Å². The van der Waals surface area contributed by atoms with Gasteiger partial charge in [0.25, 0.3) is 5.91 Å². The van der Waals surface area contributed by atoms with Crippen LogP contribution in [0.15, 0.2) is 34.1 Å². The lowest BCUT2D eigenvalue weighted by atomic mass is 9.99. The van der Waals surface area contributed by atoms with Crippen LogP contribution in [0.2, 0.25) is 0 Å². The fraction of sp³-hybridized carbons (Fsp3) is 0.364. The number of thiophene rings is 1. The number of fused-ring (bicyclic) bond motifs is 3. The number of nitrogens with zero attached hydrogens (tertiary/aromatic N) is 3. The van der Waals surface area contributed by atoms with Crippen molar-refractivity contribution in [2.24, 2.45) is 0 Å². The standard InChI is InChI=1S/C22H24BrN3O2S/c1-22(2,3)25(4)21(27)19-15-9-8-13-11-17(28-5)14(23)12-16(13)26(15)20(24-19)18-7-6-10-29-18/h6-7,10-12H,8-9H2,1-5H3. The van der Waals surface area contributed by atoms with Crippen LogP contribution in [0.1, 0.15) is 42.5 Å². The molecule has 1 amide bonds. The van der Waals surface area contributed by atoms with Crippen LogP contribution in [-0.4, -0.2) is 40.1 Å². The maximum absolute atomic E-state index is 13.3. The smallest absolute Gasteiger partial charge is 0.274 e. The van der Waals surface area contributed by atoms with Gasteiger partial charge in [-0.3, -0.25) is 9.36 Å². The molecule has 5 nitrogen and oxygen atoms in total. The van der Waals surface area contributed by atoms with Gasteiger partial charge in [0.05, 0.1) is 27.8 Å². The lowest BCUT2D eigenvalue weighted by molar-refractivity contribution is 0.0649. The predicted molar refractivity (Wildman–Crippen MR) is 120 cm³/mol. The van der Waals surface area contributed by atoms with E-state index in [2.05, 4.69) is 38.7 Å². The van der Waals surface area contributed by atoms with E-state index in [0.29, 0.717) is 5.69 Å². The van der Waals surface area contributed by atoms with E-state index in [1.807, 2.05) is 39.3 Å². The van der Waals surface area contributed by atoms with E-state index < -0.39 is 0 Å². The minimum absolute atomic E-state index is 0.0416. The molecular formula is C22H24BrN3O2S. The highest BCUT2D eigenvalue weighted by Crippen LogP contribution is 2.39. The highest BCUT2D eigenvalue weighted by Gasteiger charge is 2.33. The molecule has 0 unspecified atom stereocenters. The molecule has 3 heterocycles. The van der Waals surface area contributed by atoms with Gasteiger partial charge in [-0.05, 0) is 78.7 Å². The molecule has 0 bridgehead atoms. The van der Waals surface area contributed by atoms with Crippen LogP contribution in [0.4, 0.5) is 0 Å². The van der Waals surface area contributed by atoms with Crippen molar-refractivity contribution >= 4 is 33.2 Å². The lowest BCUT2D eigenvalue weighted by Crippen LogP contribution is -2.43. The monoisotopic (exact) mass is 473 g/mol. The number of benzene rings is 1. The summed E-state index contributed by atoms with van der Waals surface area (Å²) in [6.45, 7) is 6.10. The number of carbonyl (C=O) groups excluding carboxylic acids is 1. The molecule has 0 saturated carbocycles. The van der Waals surface area contributed by atoms with Gasteiger partial charge in [-0.1, -0.05) is 6.07 Å². The first-order valence-corrected chi connectivity index (χ1v) is 11.2. The summed E-state index contributed by atoms with van der Waals surface area (Å²) in [5, 5.41) is 2.04. The number of ether oxygens (including phenoxy) is 1. The lowest BCUT2D eigenvalue weighted by Gasteiger charge is -2.32. The molecule has 152 valence electrons. The molecule has 1 aromatic carbocycles. The number of rotatable bonds is 3. The highest BCUT2D eigenvalue weighted by atomic mass is 79.9. The minimum Gasteiger partial charge on any atom is -0.496 e. The number of halogens is 1. The largest absolute Gasteiger partial charge is 0.496 e. The summed E-state index contributed by atoms with van der Waals surface area (Å²) in [6, 6.07) is 8.20. The Bertz CT molecular complexity index is 1080. The van der Waals surface area contributed by atoms with Crippen molar-refractivity contribution in [3.8, 4) is 22.1 Å². The average Bonchev–Trinajstić information content (AvgIpc) is 3.33. The summed E-state index contributed by atoms with van der Waals surface area (Å²) in [6.07, 6.45) is 1.60. The Morgan fingerprint density at radius 1 is 1.31 bits per heavy atom. The number of imidazole rings is 1. The van der Waals surface area contributed by atoms with Gasteiger partial charge < -0.3 is 9.64 Å². The van der Waals surface area contributed by atoms with Crippen molar-refractivity contribution in [1.82, 2.24) is 14.5 Å². The van der Waals surface area contributed by atoms with Gasteiger partial charge in [0.1, 0.15) is 5.75 Å². The molecule has 0 radical (unpaired) electrons. The Morgan fingerprint density at radius 2 is 2.07 bits per heavy atom. The van der Waals surface area contributed by atoms with E-state index in [1.54, 1.807) is 23.3 Å². The number of aryl methyl sites for hydroxylation is 1. The van der Waals surface area contributed by atoms with Crippen LogP contribution in [0, 0.1) is 0 Å². The van der Waals surface area contributed by atoms with Crippen molar-refractivity contribution in [2.45, 2.75) is 39.2 Å². The van der Waals surface area contributed by atoms with Gasteiger partial charge >= 0.3 is 0 Å². The number of methoxy groups -OCH3 is 1. The van der Waals surface area contributed by atoms with Crippen molar-refractivity contribution in [3.63, 3.8) is 0 Å². The van der Waals surface area contributed by atoms with Crippen LogP contribution < -0.4 is 4.74 Å². The maximum atomic E-state index is 13.3. The number of aromatic nitrogens is 2. The van der Waals surface area contributed by atoms with E-state index in [-0.39, 0.29) is 11.4 Å². The molecular weight excluding hydrogens is 450 g/mol. The van der Waals surface area contributed by atoms with Gasteiger partial charge in [-0.25, -0.2) is 4.98 Å². The Hall–Kier alpha value is -2.12. The first-order chi connectivity index (χ1) is 13.7. The van der Waals surface area contributed by atoms with E-state index in [0.717, 1.165) is 45.1 Å². The second kappa shape index (κ2) is 7.29. The molecule has 2 aromatic heterocycles. The van der Waals surface area contributed by atoms with Crippen LogP contribution >= 0.6 is 27.3 Å². The fourth-order valence-corrected chi connectivity index (χ4v) is 4.75. The molecule has 1 aliphatic rings. The minimum atomic E-state index is -0.278. The van der Waals surface area contributed by atoms with Gasteiger partial charge in [-0.2, -0.15) is 0 Å². The Morgan fingerprint density at radius 3 is 2.69 bits per heavy atom. The summed E-state index contributed by atoms with van der Waals surface area (Å²) in [5.41, 5.74) is 3.48. The first-order valence-electron chi connectivity index (χ1n) is 9.52. The third-order valence-electron chi connectivity index (χ3n) is 5.45. The topological polar surface area (TPSA) is 47.4 Å². The van der Waals surface area contributed by atoms with Crippen molar-refractivity contribution in [1.29, 1.82) is 0 Å². The number of hydrogen-bond acceptors (Lipinski definition) is 4. The average molecular weight is 474 g/mol. The van der Waals surface area contributed by atoms with Gasteiger partial charge in [0.2, 0.25) is 0 Å². The van der Waals surface area contributed by atoms with Gasteiger partial charge in [0.15, 0.2) is 11.5 Å². The van der Waals surface area contributed by atoms with Gasteiger partial charge in [-0.15, -0.1) is 11.3 Å². The molecule has 3 aromatic rings. The summed E-state index contributed by atoms with van der Waals surface area (Å²) in [5.74, 6) is 1.59. The molecule has 0 atom stereocenters. The molecule has 0 spiro atoms. The van der Waals surface area contributed by atoms with E-state index in [9.17, 15) is 4.79 Å². The molecule has 0 saturated heterocycles. The molecule has 29 heavy (non-hydrogen) atoms. The highest BCUT2D eigenvalue weighted by molar-refractivity contribution is 9.10. The van der Waals surface area contributed by atoms with Gasteiger partial charge in [0, 0.05) is 12.6 Å². The summed E-state index contributed by atoms with van der Waals surface area (Å²) >= 11 is 5.24. The van der Waals surface area contributed by atoms with Crippen molar-refractivity contribution in [3.05, 3.63) is 51.1 Å². The molecule has 7 heteroatoms. The van der Waals surface area contributed by atoms with Crippen LogP contribution in [-0.2, 0) is 12.8 Å². The fourth-order valence-electron chi connectivity index (χ4n) is 3.55. The zero-order valence-electron chi connectivity index (χ0n) is 17.2. The third-order valence-corrected chi connectivity index (χ3v) is 6.94. The van der Waals surface area contributed by atoms with Crippen LogP contribution in [0.5, 0.6) is 5.75 Å². The quantitative estimate of drug-likeness (QED) is 0.515. The molecule has 1 aliphatic heterocycles. The number of hydrogen-bond donors (Lipinski definition) is 0. The Kier molecular flexibility index (Phi) is 5.07. The van der Waals surface area contributed by atoms with Crippen LogP contribution in [0.3, 0.4) is 0 Å². The molecule has 0 fully saturated rings. The summed E-state index contributed by atoms with van der Waals surface area (Å²) in [4.78, 5) is 21.0. The van der Waals surface area contributed by atoms with Crippen LogP contribution in [0.25, 0.3) is 16.4 Å². The predicted octanol–water partition coefficient (Wildman–Crippen LogP) is 5.34. The summed E-state index contributed by atoms with van der Waals surface area (Å²) < 4.78 is 8.52. The maximum Gasteiger partial charge on any atom is 0.274 e. The van der Waals surface area contributed by atoms with E-state index in [1.165, 1.54) is 5.56 Å². The van der Waals surface area contributed by atoms with Crippen molar-refractivity contribution < 1.29 is 9.53 Å².